The summed E-state index contributed by atoms with van der Waals surface area (Å²) in [6, 6.07) is 14.9. The van der Waals surface area contributed by atoms with Crippen LogP contribution in [0.15, 0.2) is 48.5 Å². The lowest BCUT2D eigenvalue weighted by molar-refractivity contribution is -0.116. The number of fused-ring (bicyclic) bond motifs is 1. The Balaban J connectivity index is 1.24. The maximum Gasteiger partial charge on any atom is 0.338 e. The molecule has 2 aromatic carbocycles. The molecule has 2 heterocycles. The van der Waals surface area contributed by atoms with Crippen molar-refractivity contribution in [2.75, 3.05) is 18.5 Å². The first-order valence-electron chi connectivity index (χ1n) is 10.3. The molecular weight excluding hydrogens is 394 g/mol. The minimum Gasteiger partial charge on any atom is -0.490 e. The van der Waals surface area contributed by atoms with E-state index in [1.54, 1.807) is 18.2 Å². The third-order valence-electron chi connectivity index (χ3n) is 5.18. The van der Waals surface area contributed by atoms with Crippen LogP contribution in [0.2, 0.25) is 0 Å². The average Bonchev–Trinajstić information content (AvgIpc) is 3.08. The van der Waals surface area contributed by atoms with E-state index in [0.717, 1.165) is 28.2 Å². The highest BCUT2D eigenvalue weighted by Gasteiger charge is 2.15. The number of carbonyl (C=O) groups excluding carboxylic acids is 2. The number of aryl methyl sites for hydroxylation is 3. The zero-order valence-electron chi connectivity index (χ0n) is 17.7. The summed E-state index contributed by atoms with van der Waals surface area (Å²) >= 11 is 0. The standard InChI is InChI=1S/C24H25N3O4/c1-16-13-17(2)27(26-16)15-18-3-5-19(6-4-18)24(29)31-12-11-30-21-8-9-22-20(14-21)7-10-23(28)25-22/h3-6,8-9,13-14H,7,10-12,15H2,1-2H3,(H,25,28). The van der Waals surface area contributed by atoms with Crippen LogP contribution in [0, 0.1) is 13.8 Å². The lowest BCUT2D eigenvalue weighted by Crippen LogP contribution is -2.19. The van der Waals surface area contributed by atoms with E-state index in [-0.39, 0.29) is 25.1 Å². The SMILES string of the molecule is Cc1cc(C)n(Cc2ccc(C(=O)OCCOc3ccc4c(c3)CCC(=O)N4)cc2)n1. The van der Waals surface area contributed by atoms with Crippen LogP contribution in [0.4, 0.5) is 5.69 Å². The van der Waals surface area contributed by atoms with Gasteiger partial charge in [0.25, 0.3) is 0 Å². The molecule has 0 saturated carbocycles. The lowest BCUT2D eigenvalue weighted by atomic mass is 10.0. The molecule has 4 rings (SSSR count). The lowest BCUT2D eigenvalue weighted by Gasteiger charge is -2.17. The summed E-state index contributed by atoms with van der Waals surface area (Å²) in [5.41, 5.74) is 5.54. The predicted molar refractivity (Wildman–Crippen MR) is 116 cm³/mol. The van der Waals surface area contributed by atoms with E-state index < -0.39 is 0 Å². The van der Waals surface area contributed by atoms with Gasteiger partial charge in [-0.05, 0) is 67.8 Å². The Morgan fingerprint density at radius 3 is 2.61 bits per heavy atom. The van der Waals surface area contributed by atoms with E-state index in [1.165, 1.54) is 0 Å². The van der Waals surface area contributed by atoms with Crippen LogP contribution in [0.25, 0.3) is 0 Å². The van der Waals surface area contributed by atoms with Crippen molar-refractivity contribution in [1.82, 2.24) is 9.78 Å². The summed E-state index contributed by atoms with van der Waals surface area (Å²) in [5, 5.41) is 7.30. The van der Waals surface area contributed by atoms with E-state index in [0.29, 0.717) is 30.7 Å². The quantitative estimate of drug-likeness (QED) is 0.467. The van der Waals surface area contributed by atoms with Gasteiger partial charge in [-0.25, -0.2) is 4.79 Å². The smallest absolute Gasteiger partial charge is 0.338 e. The number of esters is 1. The third kappa shape index (κ3) is 5.12. The van der Waals surface area contributed by atoms with Gasteiger partial charge in [0.1, 0.15) is 19.0 Å². The second-order valence-corrected chi connectivity index (χ2v) is 7.63. The third-order valence-corrected chi connectivity index (χ3v) is 5.18. The van der Waals surface area contributed by atoms with Crippen LogP contribution in [-0.4, -0.2) is 34.9 Å². The predicted octanol–water partition coefficient (Wildman–Crippen LogP) is 3.67. The molecule has 31 heavy (non-hydrogen) atoms. The Bertz CT molecular complexity index is 1100. The number of anilines is 1. The summed E-state index contributed by atoms with van der Waals surface area (Å²) in [6.45, 7) is 5.06. The molecule has 1 amide bonds. The molecule has 0 aliphatic carbocycles. The zero-order valence-corrected chi connectivity index (χ0v) is 17.7. The largest absolute Gasteiger partial charge is 0.490 e. The second kappa shape index (κ2) is 9.04. The monoisotopic (exact) mass is 419 g/mol. The van der Waals surface area contributed by atoms with Crippen LogP contribution in [0.5, 0.6) is 5.75 Å². The molecule has 1 aliphatic rings. The van der Waals surface area contributed by atoms with Crippen molar-refractivity contribution in [2.24, 2.45) is 0 Å². The molecule has 1 N–H and O–H groups in total. The van der Waals surface area contributed by atoms with Gasteiger partial charge in [0.05, 0.1) is 17.8 Å². The zero-order chi connectivity index (χ0) is 21.8. The fourth-order valence-electron chi connectivity index (χ4n) is 3.58. The summed E-state index contributed by atoms with van der Waals surface area (Å²) in [6.07, 6.45) is 1.18. The molecule has 160 valence electrons. The Labute approximate surface area is 181 Å². The average molecular weight is 419 g/mol. The Morgan fingerprint density at radius 1 is 1.06 bits per heavy atom. The molecule has 0 atom stereocenters. The van der Waals surface area contributed by atoms with Gasteiger partial charge < -0.3 is 14.8 Å². The first-order chi connectivity index (χ1) is 15.0. The van der Waals surface area contributed by atoms with Crippen molar-refractivity contribution in [3.8, 4) is 5.75 Å². The van der Waals surface area contributed by atoms with Gasteiger partial charge in [-0.3, -0.25) is 9.48 Å². The molecule has 0 fully saturated rings. The van der Waals surface area contributed by atoms with Crippen molar-refractivity contribution in [1.29, 1.82) is 0 Å². The fraction of sp³-hybridized carbons (Fsp3) is 0.292. The number of nitrogens with zero attached hydrogens (tertiary/aromatic N) is 2. The first kappa shape index (κ1) is 20.7. The van der Waals surface area contributed by atoms with Crippen LogP contribution >= 0.6 is 0 Å². The van der Waals surface area contributed by atoms with Gasteiger partial charge >= 0.3 is 5.97 Å². The molecular formula is C24H25N3O4. The van der Waals surface area contributed by atoms with Gasteiger partial charge in [0.2, 0.25) is 5.91 Å². The molecule has 0 saturated heterocycles. The highest BCUT2D eigenvalue weighted by molar-refractivity contribution is 5.94. The number of aromatic nitrogens is 2. The minimum absolute atomic E-state index is 0.0349. The molecule has 7 heteroatoms. The van der Waals surface area contributed by atoms with Crippen molar-refractivity contribution < 1.29 is 19.1 Å². The van der Waals surface area contributed by atoms with Crippen molar-refractivity contribution in [3.63, 3.8) is 0 Å². The molecule has 0 bridgehead atoms. The molecule has 1 aliphatic heterocycles. The minimum atomic E-state index is -0.380. The van der Waals surface area contributed by atoms with Gasteiger partial charge in [0.15, 0.2) is 0 Å². The van der Waals surface area contributed by atoms with Gasteiger partial charge in [-0.15, -0.1) is 0 Å². The molecule has 0 spiro atoms. The van der Waals surface area contributed by atoms with Crippen LogP contribution in [-0.2, 0) is 22.5 Å². The van der Waals surface area contributed by atoms with E-state index in [9.17, 15) is 9.59 Å². The van der Waals surface area contributed by atoms with Crippen LogP contribution in [0.1, 0.15) is 39.3 Å². The van der Waals surface area contributed by atoms with Crippen LogP contribution < -0.4 is 10.1 Å². The Hall–Kier alpha value is -3.61. The highest BCUT2D eigenvalue weighted by Crippen LogP contribution is 2.26. The molecule has 3 aromatic rings. The van der Waals surface area contributed by atoms with E-state index >= 15 is 0 Å². The number of benzene rings is 2. The molecule has 0 radical (unpaired) electrons. The van der Waals surface area contributed by atoms with Gasteiger partial charge in [-0.2, -0.15) is 5.10 Å². The normalized spacial score (nSPS) is 12.8. The maximum atomic E-state index is 12.3. The number of ether oxygens (including phenoxy) is 2. The summed E-state index contributed by atoms with van der Waals surface area (Å²) < 4.78 is 12.9. The summed E-state index contributed by atoms with van der Waals surface area (Å²) in [4.78, 5) is 23.7. The number of hydrogen-bond donors (Lipinski definition) is 1. The van der Waals surface area contributed by atoms with Crippen LogP contribution in [0.3, 0.4) is 0 Å². The number of rotatable bonds is 7. The fourth-order valence-corrected chi connectivity index (χ4v) is 3.58. The van der Waals surface area contributed by atoms with E-state index in [4.69, 9.17) is 9.47 Å². The van der Waals surface area contributed by atoms with E-state index in [2.05, 4.69) is 10.4 Å². The first-order valence-corrected chi connectivity index (χ1v) is 10.3. The molecule has 0 unspecified atom stereocenters. The van der Waals surface area contributed by atoms with Crippen molar-refractivity contribution in [2.45, 2.75) is 33.2 Å². The number of nitrogens with one attached hydrogen (secondary N) is 1. The second-order valence-electron chi connectivity index (χ2n) is 7.63. The molecule has 1 aromatic heterocycles. The topological polar surface area (TPSA) is 82.5 Å². The highest BCUT2D eigenvalue weighted by atomic mass is 16.6. The summed E-state index contributed by atoms with van der Waals surface area (Å²) in [5.74, 6) is 0.349. The van der Waals surface area contributed by atoms with Gasteiger partial charge in [-0.1, -0.05) is 12.1 Å². The maximum absolute atomic E-state index is 12.3. The molecule has 7 nitrogen and oxygen atoms in total. The van der Waals surface area contributed by atoms with Crippen molar-refractivity contribution >= 4 is 17.6 Å². The Kier molecular flexibility index (Phi) is 6.02. The van der Waals surface area contributed by atoms with Crippen molar-refractivity contribution in [3.05, 3.63) is 76.6 Å². The van der Waals surface area contributed by atoms with Gasteiger partial charge in [0, 0.05) is 17.8 Å². The Morgan fingerprint density at radius 2 is 1.87 bits per heavy atom. The number of amides is 1. The summed E-state index contributed by atoms with van der Waals surface area (Å²) in [7, 11) is 0. The number of carbonyl (C=O) groups is 2. The van der Waals surface area contributed by atoms with E-state index in [1.807, 2.05) is 48.9 Å². The number of hydrogen-bond acceptors (Lipinski definition) is 5.